The Hall–Kier alpha value is -2.43. The number of allylic oxidation sites excluding steroid dienone is 1. The van der Waals surface area contributed by atoms with E-state index in [1.54, 1.807) is 4.57 Å². The Morgan fingerprint density at radius 1 is 1.00 bits per heavy atom. The third-order valence-corrected chi connectivity index (χ3v) is 5.39. The highest BCUT2D eigenvalue weighted by Gasteiger charge is 2.18. The first-order valence-electron chi connectivity index (χ1n) is 11.8. The molecule has 1 N–H and O–H groups in total. The number of fused-ring (bicyclic) bond motifs is 1. The van der Waals surface area contributed by atoms with E-state index in [9.17, 15) is 9.90 Å². The molecule has 0 saturated carbocycles. The summed E-state index contributed by atoms with van der Waals surface area (Å²) in [6, 6.07) is 5.52. The van der Waals surface area contributed by atoms with Gasteiger partial charge in [0.2, 0.25) is 5.75 Å². The van der Waals surface area contributed by atoms with Crippen molar-refractivity contribution < 1.29 is 14.6 Å². The minimum Gasteiger partial charge on any atom is -0.504 e. The van der Waals surface area contributed by atoms with Crippen LogP contribution in [0.3, 0.4) is 0 Å². The summed E-state index contributed by atoms with van der Waals surface area (Å²) in [6.45, 7) is 9.77. The smallest absolute Gasteiger partial charge is 0.297 e. The molecule has 0 saturated heterocycles. The zero-order valence-corrected chi connectivity index (χ0v) is 19.7. The Labute approximate surface area is 186 Å². The van der Waals surface area contributed by atoms with Gasteiger partial charge in [0.1, 0.15) is 12.4 Å². The summed E-state index contributed by atoms with van der Waals surface area (Å²) in [6.07, 6.45) is 10.8. The number of benzene rings is 1. The van der Waals surface area contributed by atoms with Gasteiger partial charge in [-0.15, -0.1) is 0 Å². The molecule has 1 aromatic carbocycles. The molecule has 0 radical (unpaired) electrons. The average Bonchev–Trinajstić information content (AvgIpc) is 2.75. The maximum atomic E-state index is 13.2. The molecular weight excluding hydrogens is 390 g/mol. The van der Waals surface area contributed by atoms with Crippen molar-refractivity contribution in [1.29, 1.82) is 0 Å². The van der Waals surface area contributed by atoms with Gasteiger partial charge in [0.25, 0.3) is 5.56 Å². The molecule has 0 atom stereocenters. The number of pyridine rings is 1. The first kappa shape index (κ1) is 24.8. The van der Waals surface area contributed by atoms with E-state index in [0.717, 1.165) is 37.0 Å². The van der Waals surface area contributed by atoms with Crippen LogP contribution in [0, 0.1) is 0 Å². The molecule has 172 valence electrons. The van der Waals surface area contributed by atoms with E-state index in [-0.39, 0.29) is 23.7 Å². The topological polar surface area (TPSA) is 60.7 Å². The van der Waals surface area contributed by atoms with Crippen molar-refractivity contribution in [2.45, 2.75) is 85.6 Å². The minimum absolute atomic E-state index is 0.0237. The Morgan fingerprint density at radius 3 is 2.42 bits per heavy atom. The molecule has 1 aromatic heterocycles. The van der Waals surface area contributed by atoms with Crippen molar-refractivity contribution in [1.82, 2.24) is 4.57 Å². The van der Waals surface area contributed by atoms with Crippen LogP contribution >= 0.6 is 0 Å². The van der Waals surface area contributed by atoms with Gasteiger partial charge in [-0.2, -0.15) is 0 Å². The number of nitrogens with zero attached hydrogens (tertiary/aromatic N) is 1. The van der Waals surface area contributed by atoms with E-state index in [4.69, 9.17) is 9.47 Å². The van der Waals surface area contributed by atoms with Gasteiger partial charge < -0.3 is 19.1 Å². The molecule has 0 bridgehead atoms. The van der Waals surface area contributed by atoms with Gasteiger partial charge in [-0.3, -0.25) is 4.79 Å². The molecule has 2 rings (SSSR count). The standard InChI is InChI=1S/C26H39NO4/c1-5-7-9-10-11-12-16-27-23-19-21(30-17-8-6-2)13-14-22(23)24(28)25(26(27)29)31-18-15-20(3)4/h13-15,19,28H,5-12,16-18H2,1-4H3. The predicted molar refractivity (Wildman–Crippen MR) is 129 cm³/mol. The van der Waals surface area contributed by atoms with Crippen molar-refractivity contribution in [2.75, 3.05) is 13.2 Å². The third-order valence-electron chi connectivity index (χ3n) is 5.39. The number of hydrogen-bond acceptors (Lipinski definition) is 4. The lowest BCUT2D eigenvalue weighted by atomic mass is 10.1. The fraction of sp³-hybridized carbons (Fsp3) is 0.577. The SMILES string of the molecule is CCCCCCCCn1c(=O)c(OCC=C(C)C)c(O)c2ccc(OCCCC)cc21. The highest BCUT2D eigenvalue weighted by Crippen LogP contribution is 2.33. The van der Waals surface area contributed by atoms with Gasteiger partial charge in [-0.25, -0.2) is 0 Å². The van der Waals surface area contributed by atoms with Crippen LogP contribution in [0.15, 0.2) is 34.6 Å². The van der Waals surface area contributed by atoms with Gasteiger partial charge in [0, 0.05) is 18.0 Å². The maximum absolute atomic E-state index is 13.2. The van der Waals surface area contributed by atoms with Crippen molar-refractivity contribution in [3.05, 3.63) is 40.2 Å². The number of aromatic nitrogens is 1. The summed E-state index contributed by atoms with van der Waals surface area (Å²) in [5.41, 5.74) is 1.51. The molecular formula is C26H39NO4. The summed E-state index contributed by atoms with van der Waals surface area (Å²) < 4.78 is 13.3. The second-order valence-corrected chi connectivity index (χ2v) is 8.38. The van der Waals surface area contributed by atoms with Gasteiger partial charge in [0.15, 0.2) is 5.75 Å². The van der Waals surface area contributed by atoms with E-state index in [2.05, 4.69) is 13.8 Å². The van der Waals surface area contributed by atoms with Crippen LogP contribution in [-0.4, -0.2) is 22.9 Å². The van der Waals surface area contributed by atoms with Crippen molar-refractivity contribution in [2.24, 2.45) is 0 Å². The van der Waals surface area contributed by atoms with E-state index < -0.39 is 0 Å². The van der Waals surface area contributed by atoms with E-state index in [1.165, 1.54) is 25.7 Å². The zero-order valence-electron chi connectivity index (χ0n) is 19.7. The Bertz CT molecular complexity index is 910. The van der Waals surface area contributed by atoms with E-state index >= 15 is 0 Å². The van der Waals surface area contributed by atoms with Crippen LogP contribution in [0.2, 0.25) is 0 Å². The molecule has 31 heavy (non-hydrogen) atoms. The van der Waals surface area contributed by atoms with E-state index in [0.29, 0.717) is 24.1 Å². The number of hydrogen-bond donors (Lipinski definition) is 1. The fourth-order valence-corrected chi connectivity index (χ4v) is 3.51. The number of rotatable bonds is 14. The molecule has 5 nitrogen and oxygen atoms in total. The third kappa shape index (κ3) is 7.34. The van der Waals surface area contributed by atoms with Crippen molar-refractivity contribution >= 4 is 10.9 Å². The molecule has 0 unspecified atom stereocenters. The number of ether oxygens (including phenoxy) is 2. The summed E-state index contributed by atoms with van der Waals surface area (Å²) in [5, 5.41) is 11.4. The summed E-state index contributed by atoms with van der Waals surface area (Å²) >= 11 is 0. The first-order valence-corrected chi connectivity index (χ1v) is 11.8. The molecule has 2 aromatic rings. The van der Waals surface area contributed by atoms with Gasteiger partial charge in [-0.1, -0.05) is 57.9 Å². The number of aromatic hydroxyl groups is 1. The first-order chi connectivity index (χ1) is 15.0. The Morgan fingerprint density at radius 2 is 1.71 bits per heavy atom. The number of aryl methyl sites for hydroxylation is 1. The lowest BCUT2D eigenvalue weighted by Gasteiger charge is -2.16. The van der Waals surface area contributed by atoms with Crippen molar-refractivity contribution in [3.63, 3.8) is 0 Å². The molecule has 0 fully saturated rings. The molecule has 0 aliphatic rings. The Kier molecular flexibility index (Phi) is 10.5. The summed E-state index contributed by atoms with van der Waals surface area (Å²) in [5.74, 6) is 0.645. The second-order valence-electron chi connectivity index (χ2n) is 8.38. The zero-order chi connectivity index (χ0) is 22.6. The Balaban J connectivity index is 2.36. The molecule has 1 heterocycles. The van der Waals surface area contributed by atoms with Crippen molar-refractivity contribution in [3.8, 4) is 17.2 Å². The van der Waals surface area contributed by atoms with Crippen LogP contribution in [0.4, 0.5) is 0 Å². The van der Waals surface area contributed by atoms with Gasteiger partial charge in [0.05, 0.1) is 12.1 Å². The molecule has 0 aliphatic heterocycles. The van der Waals surface area contributed by atoms with Gasteiger partial charge in [-0.05, 0) is 44.9 Å². The van der Waals surface area contributed by atoms with Gasteiger partial charge >= 0.3 is 0 Å². The van der Waals surface area contributed by atoms with Crippen LogP contribution in [0.25, 0.3) is 10.9 Å². The summed E-state index contributed by atoms with van der Waals surface area (Å²) in [4.78, 5) is 13.2. The predicted octanol–water partition coefficient (Wildman–Crippen LogP) is 6.59. The highest BCUT2D eigenvalue weighted by molar-refractivity contribution is 5.88. The molecule has 5 heteroatoms. The fourth-order valence-electron chi connectivity index (χ4n) is 3.51. The average molecular weight is 430 g/mol. The molecule has 0 aliphatic carbocycles. The van der Waals surface area contributed by atoms with Crippen LogP contribution in [-0.2, 0) is 6.54 Å². The van der Waals surface area contributed by atoms with Crippen LogP contribution in [0.1, 0.15) is 79.1 Å². The van der Waals surface area contributed by atoms with Crippen LogP contribution in [0.5, 0.6) is 17.2 Å². The monoisotopic (exact) mass is 429 g/mol. The maximum Gasteiger partial charge on any atom is 0.297 e. The molecule has 0 spiro atoms. The number of unbranched alkanes of at least 4 members (excludes halogenated alkanes) is 6. The van der Waals surface area contributed by atoms with E-state index in [1.807, 2.05) is 38.1 Å². The highest BCUT2D eigenvalue weighted by atomic mass is 16.5. The minimum atomic E-state index is -0.286. The summed E-state index contributed by atoms with van der Waals surface area (Å²) in [7, 11) is 0. The lowest BCUT2D eigenvalue weighted by molar-refractivity contribution is 0.309. The largest absolute Gasteiger partial charge is 0.504 e. The normalized spacial score (nSPS) is 11.0. The molecule has 0 amide bonds. The van der Waals surface area contributed by atoms with Crippen LogP contribution < -0.4 is 15.0 Å². The quantitative estimate of drug-likeness (QED) is 0.272. The lowest BCUT2D eigenvalue weighted by Crippen LogP contribution is -2.23. The second kappa shape index (κ2) is 13.1.